The molecule has 0 saturated heterocycles. The second-order valence-corrected chi connectivity index (χ2v) is 2.46. The van der Waals surface area contributed by atoms with Crippen LogP contribution in [0.3, 0.4) is 0 Å². The zero-order valence-corrected chi connectivity index (χ0v) is 7.10. The third kappa shape index (κ3) is 1.49. The maximum Gasteiger partial charge on any atom is 0.133 e. The fourth-order valence-electron chi connectivity index (χ4n) is 1.12. The van der Waals surface area contributed by atoms with Crippen LogP contribution in [-0.4, -0.2) is 12.2 Å². The van der Waals surface area contributed by atoms with Gasteiger partial charge in [0.1, 0.15) is 17.3 Å². The minimum absolute atomic E-state index is 0.110. The molecular formula is C9H11FO2. The maximum atomic E-state index is 13.1. The molecule has 0 bridgehead atoms. The summed E-state index contributed by atoms with van der Waals surface area (Å²) in [5, 5.41) is 9.02. The molecule has 0 spiro atoms. The number of phenolic OH excluding ortho intramolecular Hbond substituents is 1. The number of hydrogen-bond donors (Lipinski definition) is 1. The maximum absolute atomic E-state index is 13.1. The quantitative estimate of drug-likeness (QED) is 0.736. The van der Waals surface area contributed by atoms with E-state index < -0.39 is 5.82 Å². The zero-order valence-electron chi connectivity index (χ0n) is 7.10. The summed E-state index contributed by atoms with van der Waals surface area (Å²) in [4.78, 5) is 0. The Balaban J connectivity index is 3.24. The molecule has 12 heavy (non-hydrogen) atoms. The second-order valence-electron chi connectivity index (χ2n) is 2.46. The molecule has 0 saturated carbocycles. The Labute approximate surface area is 70.6 Å². The molecule has 0 atom stereocenters. The van der Waals surface area contributed by atoms with Gasteiger partial charge in [-0.25, -0.2) is 4.39 Å². The van der Waals surface area contributed by atoms with Crippen LogP contribution in [0.5, 0.6) is 11.5 Å². The van der Waals surface area contributed by atoms with Crippen molar-refractivity contribution in [2.24, 2.45) is 0 Å². The van der Waals surface area contributed by atoms with Gasteiger partial charge in [0, 0.05) is 17.7 Å². The monoisotopic (exact) mass is 170 g/mol. The molecule has 0 heterocycles. The summed E-state index contributed by atoms with van der Waals surface area (Å²) < 4.78 is 18.0. The fourth-order valence-corrected chi connectivity index (χ4v) is 1.12. The molecule has 0 unspecified atom stereocenters. The first kappa shape index (κ1) is 8.84. The van der Waals surface area contributed by atoms with E-state index in [-0.39, 0.29) is 5.75 Å². The molecule has 0 aliphatic rings. The van der Waals surface area contributed by atoms with Crippen molar-refractivity contribution in [3.63, 3.8) is 0 Å². The molecular weight excluding hydrogens is 159 g/mol. The third-order valence-corrected chi connectivity index (χ3v) is 1.71. The van der Waals surface area contributed by atoms with Crippen LogP contribution in [0.25, 0.3) is 0 Å². The molecule has 0 aliphatic heterocycles. The molecule has 1 N–H and O–H groups in total. The van der Waals surface area contributed by atoms with Crippen molar-refractivity contribution < 1.29 is 14.2 Å². The van der Waals surface area contributed by atoms with E-state index in [9.17, 15) is 4.39 Å². The number of phenols is 1. The Hall–Kier alpha value is -1.25. The van der Waals surface area contributed by atoms with Gasteiger partial charge in [0.25, 0.3) is 0 Å². The molecule has 66 valence electrons. The van der Waals surface area contributed by atoms with Crippen molar-refractivity contribution in [1.82, 2.24) is 0 Å². The van der Waals surface area contributed by atoms with Gasteiger partial charge in [-0.2, -0.15) is 0 Å². The average Bonchev–Trinajstić information content (AvgIpc) is 2.03. The van der Waals surface area contributed by atoms with Crippen molar-refractivity contribution in [3.05, 3.63) is 23.5 Å². The summed E-state index contributed by atoms with van der Waals surface area (Å²) in [5.74, 6) is -0.133. The molecule has 1 rings (SSSR count). The molecule has 1 aromatic carbocycles. The van der Waals surface area contributed by atoms with Gasteiger partial charge < -0.3 is 9.84 Å². The Morgan fingerprint density at radius 3 is 2.67 bits per heavy atom. The minimum Gasteiger partial charge on any atom is -0.508 e. The molecule has 0 amide bonds. The smallest absolute Gasteiger partial charge is 0.133 e. The van der Waals surface area contributed by atoms with E-state index in [0.29, 0.717) is 17.7 Å². The van der Waals surface area contributed by atoms with Crippen molar-refractivity contribution in [2.75, 3.05) is 7.11 Å². The van der Waals surface area contributed by atoms with E-state index in [1.54, 1.807) is 0 Å². The van der Waals surface area contributed by atoms with Crippen molar-refractivity contribution >= 4 is 0 Å². The van der Waals surface area contributed by atoms with E-state index >= 15 is 0 Å². The lowest BCUT2D eigenvalue weighted by Gasteiger charge is -2.07. The van der Waals surface area contributed by atoms with Gasteiger partial charge in [-0.05, 0) is 6.42 Å². The summed E-state index contributed by atoms with van der Waals surface area (Å²) in [6, 6.07) is 2.49. The fraction of sp³-hybridized carbons (Fsp3) is 0.333. The van der Waals surface area contributed by atoms with Gasteiger partial charge in [0.05, 0.1) is 7.11 Å². The Kier molecular flexibility index (Phi) is 2.53. The summed E-state index contributed by atoms with van der Waals surface area (Å²) in [6.07, 6.45) is 0.551. The molecule has 0 aliphatic carbocycles. The number of aromatic hydroxyl groups is 1. The Morgan fingerprint density at radius 1 is 1.50 bits per heavy atom. The summed E-state index contributed by atoms with van der Waals surface area (Å²) in [6.45, 7) is 1.83. The molecule has 1 aromatic rings. The van der Waals surface area contributed by atoms with E-state index in [4.69, 9.17) is 9.84 Å². The first-order valence-corrected chi connectivity index (χ1v) is 3.74. The van der Waals surface area contributed by atoms with E-state index in [1.165, 1.54) is 13.2 Å². The van der Waals surface area contributed by atoms with E-state index in [2.05, 4.69) is 0 Å². The van der Waals surface area contributed by atoms with E-state index in [1.807, 2.05) is 6.92 Å². The number of benzene rings is 1. The lowest BCUT2D eigenvalue weighted by atomic mass is 10.1. The Morgan fingerprint density at radius 2 is 2.17 bits per heavy atom. The van der Waals surface area contributed by atoms with Crippen molar-refractivity contribution in [1.29, 1.82) is 0 Å². The number of halogens is 1. The topological polar surface area (TPSA) is 29.5 Å². The van der Waals surface area contributed by atoms with Crippen LogP contribution in [0, 0.1) is 5.82 Å². The van der Waals surface area contributed by atoms with Crippen LogP contribution in [0.2, 0.25) is 0 Å². The predicted octanol–water partition coefficient (Wildman–Crippen LogP) is 2.10. The predicted molar refractivity (Wildman–Crippen MR) is 44.0 cm³/mol. The SMILES string of the molecule is CCc1c(F)cc(O)cc1OC. The number of hydrogen-bond acceptors (Lipinski definition) is 2. The van der Waals surface area contributed by atoms with Crippen LogP contribution < -0.4 is 4.74 Å². The van der Waals surface area contributed by atoms with Gasteiger partial charge in [-0.1, -0.05) is 6.92 Å². The summed E-state index contributed by atoms with van der Waals surface area (Å²) >= 11 is 0. The van der Waals surface area contributed by atoms with Crippen LogP contribution in [0.15, 0.2) is 12.1 Å². The summed E-state index contributed by atoms with van der Waals surface area (Å²) in [7, 11) is 1.45. The largest absolute Gasteiger partial charge is 0.508 e. The highest BCUT2D eigenvalue weighted by molar-refractivity contribution is 5.41. The van der Waals surface area contributed by atoms with Crippen molar-refractivity contribution in [2.45, 2.75) is 13.3 Å². The highest BCUT2D eigenvalue weighted by Crippen LogP contribution is 2.27. The normalized spacial score (nSPS) is 9.92. The van der Waals surface area contributed by atoms with Crippen LogP contribution in [0.1, 0.15) is 12.5 Å². The number of ether oxygens (including phenoxy) is 1. The van der Waals surface area contributed by atoms with Gasteiger partial charge in [-0.3, -0.25) is 0 Å². The van der Waals surface area contributed by atoms with E-state index in [0.717, 1.165) is 6.07 Å². The zero-order chi connectivity index (χ0) is 9.14. The Bertz CT molecular complexity index is 284. The first-order chi connectivity index (χ1) is 5.69. The molecule has 0 aromatic heterocycles. The van der Waals surface area contributed by atoms with Gasteiger partial charge in [0.15, 0.2) is 0 Å². The molecule has 2 nitrogen and oxygen atoms in total. The molecule has 3 heteroatoms. The highest BCUT2D eigenvalue weighted by Gasteiger charge is 2.08. The summed E-state index contributed by atoms with van der Waals surface area (Å²) in [5.41, 5.74) is 0.496. The highest BCUT2D eigenvalue weighted by atomic mass is 19.1. The van der Waals surface area contributed by atoms with Crippen LogP contribution in [0.4, 0.5) is 4.39 Å². The van der Waals surface area contributed by atoms with Gasteiger partial charge in [-0.15, -0.1) is 0 Å². The van der Waals surface area contributed by atoms with Crippen LogP contribution in [-0.2, 0) is 6.42 Å². The second kappa shape index (κ2) is 3.43. The van der Waals surface area contributed by atoms with Crippen LogP contribution >= 0.6 is 0 Å². The standard InChI is InChI=1S/C9H11FO2/c1-3-7-8(10)4-6(11)5-9(7)12-2/h4-5,11H,3H2,1-2H3. The first-order valence-electron chi connectivity index (χ1n) is 3.74. The number of rotatable bonds is 2. The average molecular weight is 170 g/mol. The minimum atomic E-state index is -0.422. The molecule has 0 radical (unpaired) electrons. The number of methoxy groups -OCH3 is 1. The van der Waals surface area contributed by atoms with Gasteiger partial charge in [0.2, 0.25) is 0 Å². The lowest BCUT2D eigenvalue weighted by Crippen LogP contribution is -1.94. The van der Waals surface area contributed by atoms with Gasteiger partial charge >= 0.3 is 0 Å². The molecule has 0 fully saturated rings. The lowest BCUT2D eigenvalue weighted by molar-refractivity contribution is 0.396. The third-order valence-electron chi connectivity index (χ3n) is 1.71. The van der Waals surface area contributed by atoms with Crippen molar-refractivity contribution in [3.8, 4) is 11.5 Å².